The fourth-order valence-corrected chi connectivity index (χ4v) is 4.68. The van der Waals surface area contributed by atoms with Crippen molar-refractivity contribution in [3.63, 3.8) is 0 Å². The standard InChI is InChI=1S/C24H22FN5O2/c25-20-8-5-14(10-21-17-3-1-2-4-18(17)23(31)28-27-21)9-19(20)24(32)29-12-15-11-26-30(16-6-7-16)22(15)13-29/h1-5,8-9,11,16,21,27H,6-7,10,12-13H2,(H,28,31). The first-order chi connectivity index (χ1) is 15.6. The van der Waals surface area contributed by atoms with Gasteiger partial charge in [0.2, 0.25) is 0 Å². The van der Waals surface area contributed by atoms with Crippen molar-refractivity contribution in [2.24, 2.45) is 0 Å². The Bertz CT molecular complexity index is 1250. The second-order valence-corrected chi connectivity index (χ2v) is 8.71. The smallest absolute Gasteiger partial charge is 0.265 e. The molecule has 1 aliphatic carbocycles. The highest BCUT2D eigenvalue weighted by Crippen LogP contribution is 2.38. The quantitative estimate of drug-likeness (QED) is 0.666. The van der Waals surface area contributed by atoms with Gasteiger partial charge in [0.1, 0.15) is 5.82 Å². The molecule has 162 valence electrons. The van der Waals surface area contributed by atoms with Gasteiger partial charge >= 0.3 is 0 Å². The van der Waals surface area contributed by atoms with Gasteiger partial charge in [-0.2, -0.15) is 5.10 Å². The molecular formula is C24H22FN5O2. The molecule has 3 aliphatic rings. The molecule has 6 rings (SSSR count). The number of fused-ring (bicyclic) bond motifs is 2. The molecule has 3 heterocycles. The van der Waals surface area contributed by atoms with Crippen molar-refractivity contribution in [2.45, 2.75) is 44.4 Å². The lowest BCUT2D eigenvalue weighted by Gasteiger charge is -2.27. The zero-order valence-electron chi connectivity index (χ0n) is 17.3. The first-order valence-electron chi connectivity index (χ1n) is 10.9. The molecule has 1 unspecified atom stereocenters. The molecule has 1 atom stereocenters. The monoisotopic (exact) mass is 431 g/mol. The van der Waals surface area contributed by atoms with Crippen molar-refractivity contribution >= 4 is 11.8 Å². The Labute approximate surface area is 184 Å². The lowest BCUT2D eigenvalue weighted by molar-refractivity contribution is 0.0742. The maximum Gasteiger partial charge on any atom is 0.265 e. The lowest BCUT2D eigenvalue weighted by atomic mass is 9.93. The number of amides is 2. The highest BCUT2D eigenvalue weighted by atomic mass is 19.1. The van der Waals surface area contributed by atoms with Gasteiger partial charge in [0.25, 0.3) is 11.8 Å². The molecule has 2 aromatic carbocycles. The number of hydrogen-bond acceptors (Lipinski definition) is 4. The minimum Gasteiger partial charge on any atom is -0.328 e. The van der Waals surface area contributed by atoms with Gasteiger partial charge in [-0.3, -0.25) is 19.7 Å². The molecule has 32 heavy (non-hydrogen) atoms. The number of halogens is 1. The van der Waals surface area contributed by atoms with Crippen LogP contribution < -0.4 is 10.9 Å². The van der Waals surface area contributed by atoms with Gasteiger partial charge in [0, 0.05) is 17.7 Å². The number of hydrogen-bond donors (Lipinski definition) is 2. The van der Waals surface area contributed by atoms with Crippen molar-refractivity contribution in [3.05, 3.63) is 88.0 Å². The fraction of sp³-hybridized carbons (Fsp3) is 0.292. The topological polar surface area (TPSA) is 79.3 Å². The van der Waals surface area contributed by atoms with E-state index in [4.69, 9.17) is 0 Å². The van der Waals surface area contributed by atoms with Crippen molar-refractivity contribution in [1.29, 1.82) is 0 Å². The maximum atomic E-state index is 14.7. The number of carbonyl (C=O) groups excluding carboxylic acids is 2. The molecule has 1 saturated carbocycles. The van der Waals surface area contributed by atoms with Crippen molar-refractivity contribution < 1.29 is 14.0 Å². The van der Waals surface area contributed by atoms with Gasteiger partial charge in [0.15, 0.2) is 0 Å². The Morgan fingerprint density at radius 1 is 1.16 bits per heavy atom. The van der Waals surface area contributed by atoms with E-state index in [1.165, 1.54) is 6.07 Å². The third-order valence-corrected chi connectivity index (χ3v) is 6.51. The van der Waals surface area contributed by atoms with E-state index in [1.807, 2.05) is 29.1 Å². The average Bonchev–Trinajstić information content (AvgIpc) is 3.43. The van der Waals surface area contributed by atoms with Crippen LogP contribution in [0.1, 0.15) is 68.0 Å². The summed E-state index contributed by atoms with van der Waals surface area (Å²) < 4.78 is 16.7. The number of aromatic nitrogens is 2. The fourth-order valence-electron chi connectivity index (χ4n) is 4.68. The molecule has 8 heteroatoms. The third kappa shape index (κ3) is 3.18. The third-order valence-electron chi connectivity index (χ3n) is 6.51. The van der Waals surface area contributed by atoms with Gasteiger partial charge in [-0.1, -0.05) is 24.3 Å². The zero-order chi connectivity index (χ0) is 21.8. The first kappa shape index (κ1) is 19.2. The maximum absolute atomic E-state index is 14.7. The van der Waals surface area contributed by atoms with E-state index in [9.17, 15) is 14.0 Å². The summed E-state index contributed by atoms with van der Waals surface area (Å²) in [5.74, 6) is -1.01. The number of hydrazine groups is 1. The van der Waals surface area contributed by atoms with Crippen LogP contribution in [0.25, 0.3) is 0 Å². The van der Waals surface area contributed by atoms with Crippen LogP contribution in [0.5, 0.6) is 0 Å². The van der Waals surface area contributed by atoms with E-state index in [1.54, 1.807) is 23.1 Å². The molecule has 2 aliphatic heterocycles. The van der Waals surface area contributed by atoms with Crippen LogP contribution in [0.15, 0.2) is 48.7 Å². The van der Waals surface area contributed by atoms with Crippen LogP contribution in [0, 0.1) is 5.82 Å². The largest absolute Gasteiger partial charge is 0.328 e. The highest BCUT2D eigenvalue weighted by molar-refractivity contribution is 5.96. The predicted molar refractivity (Wildman–Crippen MR) is 114 cm³/mol. The Balaban J connectivity index is 1.23. The van der Waals surface area contributed by atoms with Crippen LogP contribution in [0.4, 0.5) is 4.39 Å². The number of nitrogens with one attached hydrogen (secondary N) is 2. The normalized spacial score (nSPS) is 19.5. The minimum absolute atomic E-state index is 0.0757. The van der Waals surface area contributed by atoms with Gasteiger partial charge in [-0.15, -0.1) is 0 Å². The number of nitrogens with zero attached hydrogens (tertiary/aromatic N) is 3. The molecule has 0 saturated heterocycles. The summed E-state index contributed by atoms with van der Waals surface area (Å²) in [6, 6.07) is 12.4. The van der Waals surface area contributed by atoms with Crippen molar-refractivity contribution in [1.82, 2.24) is 25.5 Å². The summed E-state index contributed by atoms with van der Waals surface area (Å²) >= 11 is 0. The molecule has 1 aromatic heterocycles. The molecule has 0 spiro atoms. The Hall–Kier alpha value is -3.52. The summed E-state index contributed by atoms with van der Waals surface area (Å²) in [6.45, 7) is 0.909. The summed E-state index contributed by atoms with van der Waals surface area (Å²) in [7, 11) is 0. The molecular weight excluding hydrogens is 409 g/mol. The molecule has 2 N–H and O–H groups in total. The van der Waals surface area contributed by atoms with Crippen molar-refractivity contribution in [3.8, 4) is 0 Å². The minimum atomic E-state index is -0.524. The number of benzene rings is 2. The van der Waals surface area contributed by atoms with E-state index in [0.717, 1.165) is 35.2 Å². The van der Waals surface area contributed by atoms with Crippen LogP contribution >= 0.6 is 0 Å². The van der Waals surface area contributed by atoms with Crippen LogP contribution in [0.3, 0.4) is 0 Å². The SMILES string of the molecule is O=C1NNC(Cc2ccc(F)c(C(=O)N3Cc4cnn(C5CC5)c4C3)c2)c2ccccc21. The van der Waals surface area contributed by atoms with Crippen LogP contribution in [0.2, 0.25) is 0 Å². The van der Waals surface area contributed by atoms with Crippen molar-refractivity contribution in [2.75, 3.05) is 0 Å². The Morgan fingerprint density at radius 2 is 2.00 bits per heavy atom. The van der Waals surface area contributed by atoms with Gasteiger partial charge in [-0.05, 0) is 48.6 Å². The lowest BCUT2D eigenvalue weighted by Crippen LogP contribution is -2.46. The van der Waals surface area contributed by atoms with E-state index in [0.29, 0.717) is 31.1 Å². The summed E-state index contributed by atoms with van der Waals surface area (Å²) in [4.78, 5) is 27.0. The Morgan fingerprint density at radius 3 is 2.84 bits per heavy atom. The molecule has 1 fully saturated rings. The molecule has 2 amide bonds. The van der Waals surface area contributed by atoms with E-state index in [-0.39, 0.29) is 23.4 Å². The predicted octanol–water partition coefficient (Wildman–Crippen LogP) is 3.04. The molecule has 0 radical (unpaired) electrons. The first-order valence-corrected chi connectivity index (χ1v) is 10.9. The Kier molecular flexibility index (Phi) is 4.36. The van der Waals surface area contributed by atoms with Gasteiger partial charge in [-0.25, -0.2) is 9.82 Å². The van der Waals surface area contributed by atoms with E-state index >= 15 is 0 Å². The van der Waals surface area contributed by atoms with E-state index in [2.05, 4.69) is 16.0 Å². The van der Waals surface area contributed by atoms with Gasteiger partial charge < -0.3 is 4.90 Å². The molecule has 0 bridgehead atoms. The second kappa shape index (κ2) is 7.27. The second-order valence-electron chi connectivity index (χ2n) is 8.71. The average molecular weight is 431 g/mol. The summed E-state index contributed by atoms with van der Waals surface area (Å²) in [5.41, 5.74) is 10.2. The molecule has 3 aromatic rings. The summed E-state index contributed by atoms with van der Waals surface area (Å²) in [5, 5.41) is 4.45. The van der Waals surface area contributed by atoms with Gasteiger partial charge in [0.05, 0.1) is 36.1 Å². The molecule has 7 nitrogen and oxygen atoms in total. The summed E-state index contributed by atoms with van der Waals surface area (Å²) in [6.07, 6.45) is 4.58. The highest BCUT2D eigenvalue weighted by Gasteiger charge is 2.34. The number of carbonyl (C=O) groups is 2. The van der Waals surface area contributed by atoms with E-state index < -0.39 is 5.82 Å². The van der Waals surface area contributed by atoms with Crippen LogP contribution in [-0.4, -0.2) is 26.5 Å². The zero-order valence-corrected chi connectivity index (χ0v) is 17.3. The number of rotatable bonds is 4. The van der Waals surface area contributed by atoms with Crippen LogP contribution in [-0.2, 0) is 19.5 Å².